The van der Waals surface area contributed by atoms with Crippen LogP contribution >= 0.6 is 11.8 Å². The van der Waals surface area contributed by atoms with Crippen molar-refractivity contribution in [2.24, 2.45) is 0 Å². The number of rotatable bonds is 0. The van der Waals surface area contributed by atoms with Crippen molar-refractivity contribution < 1.29 is 0 Å². The first kappa shape index (κ1) is 4.21. The highest BCUT2D eigenvalue weighted by Crippen LogP contribution is 2.37. The Labute approximate surface area is 47.9 Å². The van der Waals surface area contributed by atoms with Gasteiger partial charge in [0.1, 0.15) is 0 Å². The second-order valence-corrected chi connectivity index (χ2v) is 3.33. The van der Waals surface area contributed by atoms with Gasteiger partial charge in [-0.05, 0) is 6.42 Å². The highest BCUT2D eigenvalue weighted by atomic mass is 32.2. The van der Waals surface area contributed by atoms with E-state index in [1.54, 1.807) is 5.25 Å². The fourth-order valence-corrected chi connectivity index (χ4v) is 2.30. The van der Waals surface area contributed by atoms with Crippen LogP contribution in [0.15, 0.2) is 0 Å². The fraction of sp³-hybridized carbons (Fsp3) is 0.800. The van der Waals surface area contributed by atoms with Crippen molar-refractivity contribution in [1.29, 1.82) is 0 Å². The Hall–Kier alpha value is 0.310. The number of nitrogens with one attached hydrogen (secondary N) is 1. The van der Waals surface area contributed by atoms with E-state index in [4.69, 9.17) is 0 Å². The molecule has 2 saturated heterocycles. The molecule has 2 heteroatoms. The SMILES string of the molecule is C1NC2CS[C]1C2. The summed E-state index contributed by atoms with van der Waals surface area (Å²) in [6.45, 7) is 1.19. The number of hydrogen-bond donors (Lipinski definition) is 1. The molecule has 2 heterocycles. The topological polar surface area (TPSA) is 12.0 Å². The van der Waals surface area contributed by atoms with Crippen LogP contribution < -0.4 is 5.32 Å². The quantitative estimate of drug-likeness (QED) is 0.495. The van der Waals surface area contributed by atoms with Gasteiger partial charge in [-0.15, -0.1) is 0 Å². The Bertz CT molecular complexity index is 66.1. The van der Waals surface area contributed by atoms with Gasteiger partial charge in [-0.3, -0.25) is 0 Å². The number of thioether (sulfide) groups is 1. The average Bonchev–Trinajstić information content (AvgIpc) is 2.22. The maximum Gasteiger partial charge on any atom is 0.0459 e. The molecule has 2 bridgehead atoms. The smallest absolute Gasteiger partial charge is 0.0459 e. The van der Waals surface area contributed by atoms with E-state index in [0.717, 1.165) is 6.04 Å². The van der Waals surface area contributed by atoms with Crippen molar-refractivity contribution >= 4 is 11.8 Å². The third kappa shape index (κ3) is 0.572. The number of fused-ring (bicyclic) bond motifs is 2. The average molecular weight is 114 g/mol. The van der Waals surface area contributed by atoms with Crippen LogP contribution in [-0.2, 0) is 0 Å². The second-order valence-electron chi connectivity index (χ2n) is 2.13. The lowest BCUT2D eigenvalue weighted by Gasteiger charge is -2.07. The Kier molecular flexibility index (Phi) is 0.837. The Balaban J connectivity index is 2.12. The van der Waals surface area contributed by atoms with Crippen LogP contribution in [0.2, 0.25) is 0 Å². The molecule has 0 aromatic carbocycles. The minimum atomic E-state index is 0.847. The molecule has 2 aliphatic rings. The Morgan fingerprint density at radius 2 is 2.71 bits per heavy atom. The maximum absolute atomic E-state index is 3.40. The summed E-state index contributed by atoms with van der Waals surface area (Å²) in [5, 5.41) is 5.07. The van der Waals surface area contributed by atoms with Crippen LogP contribution in [0.3, 0.4) is 0 Å². The monoisotopic (exact) mass is 114 g/mol. The molecule has 39 valence electrons. The molecule has 1 N–H and O–H groups in total. The summed E-state index contributed by atoms with van der Waals surface area (Å²) in [6, 6.07) is 0.847. The van der Waals surface area contributed by atoms with E-state index < -0.39 is 0 Å². The molecule has 0 amide bonds. The summed E-state index contributed by atoms with van der Waals surface area (Å²) in [4.78, 5) is 0. The summed E-state index contributed by atoms with van der Waals surface area (Å²) in [5.41, 5.74) is 0. The standard InChI is InChI=1S/C5H8NS/c1-4-3-7-5(1)2-6-4/h4,6H,1-3H2. The number of hydrogen-bond acceptors (Lipinski definition) is 2. The second kappa shape index (κ2) is 1.39. The predicted molar refractivity (Wildman–Crippen MR) is 32.1 cm³/mol. The summed E-state index contributed by atoms with van der Waals surface area (Å²) in [6.07, 6.45) is 1.35. The molecule has 1 radical (unpaired) electrons. The van der Waals surface area contributed by atoms with Crippen molar-refractivity contribution in [2.75, 3.05) is 12.3 Å². The molecular weight excluding hydrogens is 106 g/mol. The third-order valence-electron chi connectivity index (χ3n) is 1.55. The lowest BCUT2D eigenvalue weighted by Crippen LogP contribution is -2.25. The van der Waals surface area contributed by atoms with Crippen LogP contribution in [0.5, 0.6) is 0 Å². The molecule has 7 heavy (non-hydrogen) atoms. The minimum Gasteiger partial charge on any atom is -0.312 e. The lowest BCUT2D eigenvalue weighted by molar-refractivity contribution is 0.679. The highest BCUT2D eigenvalue weighted by molar-refractivity contribution is 8.02. The van der Waals surface area contributed by atoms with Gasteiger partial charge in [0.2, 0.25) is 0 Å². The molecule has 0 aliphatic carbocycles. The van der Waals surface area contributed by atoms with Gasteiger partial charge in [-0.1, -0.05) is 0 Å². The summed E-state index contributed by atoms with van der Waals surface area (Å²) < 4.78 is 0. The molecule has 1 nitrogen and oxygen atoms in total. The molecule has 0 spiro atoms. The van der Waals surface area contributed by atoms with E-state index in [2.05, 4.69) is 5.32 Å². The van der Waals surface area contributed by atoms with Crippen LogP contribution in [0.25, 0.3) is 0 Å². The van der Waals surface area contributed by atoms with E-state index >= 15 is 0 Å². The molecule has 1 unspecified atom stereocenters. The molecule has 1 atom stereocenters. The first-order valence-electron chi connectivity index (χ1n) is 2.66. The van der Waals surface area contributed by atoms with Crippen molar-refractivity contribution in [1.82, 2.24) is 5.32 Å². The van der Waals surface area contributed by atoms with Gasteiger partial charge < -0.3 is 5.32 Å². The molecule has 0 aromatic heterocycles. The molecule has 0 aromatic rings. The zero-order chi connectivity index (χ0) is 4.69. The van der Waals surface area contributed by atoms with Crippen LogP contribution in [0.1, 0.15) is 6.42 Å². The molecule has 2 aliphatic heterocycles. The van der Waals surface area contributed by atoms with Gasteiger partial charge in [-0.2, -0.15) is 11.8 Å². The van der Waals surface area contributed by atoms with Gasteiger partial charge in [-0.25, -0.2) is 0 Å². The summed E-state index contributed by atoms with van der Waals surface area (Å²) >= 11 is 2.05. The zero-order valence-electron chi connectivity index (χ0n) is 4.11. The Morgan fingerprint density at radius 3 is 2.86 bits per heavy atom. The van der Waals surface area contributed by atoms with Crippen LogP contribution in [0.4, 0.5) is 0 Å². The van der Waals surface area contributed by atoms with E-state index in [1.807, 2.05) is 11.8 Å². The van der Waals surface area contributed by atoms with Crippen molar-refractivity contribution in [3.05, 3.63) is 5.25 Å². The molecule has 2 fully saturated rings. The lowest BCUT2D eigenvalue weighted by atomic mass is 10.3. The van der Waals surface area contributed by atoms with Gasteiger partial charge in [0, 0.05) is 23.6 Å². The van der Waals surface area contributed by atoms with E-state index in [9.17, 15) is 0 Å². The van der Waals surface area contributed by atoms with Gasteiger partial charge in [0.25, 0.3) is 0 Å². The fourth-order valence-electron chi connectivity index (χ4n) is 1.12. The van der Waals surface area contributed by atoms with E-state index in [0.29, 0.717) is 0 Å². The summed E-state index contributed by atoms with van der Waals surface area (Å²) in [5.74, 6) is 1.33. The molecular formula is C5H8NS. The normalized spacial score (nSPS) is 40.3. The maximum atomic E-state index is 3.40. The van der Waals surface area contributed by atoms with Crippen molar-refractivity contribution in [3.8, 4) is 0 Å². The van der Waals surface area contributed by atoms with Gasteiger partial charge in [0.15, 0.2) is 0 Å². The van der Waals surface area contributed by atoms with Crippen LogP contribution in [-0.4, -0.2) is 18.3 Å². The minimum absolute atomic E-state index is 0.847. The van der Waals surface area contributed by atoms with E-state index in [-0.39, 0.29) is 0 Å². The third-order valence-corrected chi connectivity index (χ3v) is 2.84. The largest absolute Gasteiger partial charge is 0.312 e. The predicted octanol–water partition coefficient (Wildman–Crippen LogP) is 0.627. The molecule has 0 saturated carbocycles. The van der Waals surface area contributed by atoms with Gasteiger partial charge in [0.05, 0.1) is 0 Å². The van der Waals surface area contributed by atoms with Crippen molar-refractivity contribution in [3.63, 3.8) is 0 Å². The zero-order valence-corrected chi connectivity index (χ0v) is 4.92. The van der Waals surface area contributed by atoms with E-state index in [1.165, 1.54) is 18.7 Å². The molecule has 2 rings (SSSR count). The summed E-state index contributed by atoms with van der Waals surface area (Å²) in [7, 11) is 0. The van der Waals surface area contributed by atoms with Gasteiger partial charge >= 0.3 is 0 Å². The Morgan fingerprint density at radius 1 is 1.71 bits per heavy atom. The first-order valence-corrected chi connectivity index (χ1v) is 3.64. The van der Waals surface area contributed by atoms with Crippen LogP contribution in [0, 0.1) is 5.25 Å². The van der Waals surface area contributed by atoms with Crippen molar-refractivity contribution in [2.45, 2.75) is 12.5 Å². The first-order chi connectivity index (χ1) is 3.45. The highest BCUT2D eigenvalue weighted by Gasteiger charge is 2.31.